The van der Waals surface area contributed by atoms with E-state index in [1.165, 1.54) is 6.07 Å². The summed E-state index contributed by atoms with van der Waals surface area (Å²) in [7, 11) is -3.81. The minimum absolute atomic E-state index is 0.0156. The maximum Gasteiger partial charge on any atom is 0.417 e. The second kappa shape index (κ2) is 8.20. The molecule has 1 N–H and O–H groups in total. The SMILES string of the molecule is CCC(C)OP(=O)(O)Cc1cccc(Oc2ccc(C(F)(F)F)cn2)c1. The zero-order valence-electron chi connectivity index (χ0n) is 14.2. The van der Waals surface area contributed by atoms with Crippen LogP contribution in [0.15, 0.2) is 42.6 Å². The lowest BCUT2D eigenvalue weighted by Gasteiger charge is -2.17. The first-order chi connectivity index (χ1) is 12.1. The van der Waals surface area contributed by atoms with Gasteiger partial charge in [0, 0.05) is 12.3 Å². The number of halogens is 3. The van der Waals surface area contributed by atoms with Crippen molar-refractivity contribution in [1.29, 1.82) is 0 Å². The third-order valence-corrected chi connectivity index (χ3v) is 4.94. The Morgan fingerprint density at radius 1 is 1.27 bits per heavy atom. The highest BCUT2D eigenvalue weighted by molar-refractivity contribution is 7.51. The molecule has 0 aliphatic heterocycles. The minimum Gasteiger partial charge on any atom is -0.439 e. The zero-order chi connectivity index (χ0) is 19.4. The lowest BCUT2D eigenvalue weighted by molar-refractivity contribution is -0.137. The van der Waals surface area contributed by atoms with E-state index < -0.39 is 19.3 Å². The second-order valence-electron chi connectivity index (χ2n) is 5.75. The first-order valence-corrected chi connectivity index (χ1v) is 9.65. The molecule has 2 aromatic rings. The van der Waals surface area contributed by atoms with Crippen LogP contribution in [-0.4, -0.2) is 16.0 Å². The van der Waals surface area contributed by atoms with E-state index >= 15 is 0 Å². The Balaban J connectivity index is 2.08. The topological polar surface area (TPSA) is 68.7 Å². The molecular formula is C17H19F3NO4P. The standard InChI is InChI=1S/C17H19F3NO4P/c1-3-12(2)25-26(22,23)11-13-5-4-6-15(9-13)24-16-8-7-14(10-21-16)17(18,19)20/h4-10,12H,3,11H2,1-2H3,(H,22,23). The van der Waals surface area contributed by atoms with Crippen molar-refractivity contribution in [1.82, 2.24) is 4.98 Å². The fraction of sp³-hybridized carbons (Fsp3) is 0.353. The molecule has 1 aromatic heterocycles. The van der Waals surface area contributed by atoms with Crippen LogP contribution in [0.5, 0.6) is 11.6 Å². The normalized spacial score (nSPS) is 15.3. The van der Waals surface area contributed by atoms with E-state index in [0.717, 1.165) is 12.1 Å². The highest BCUT2D eigenvalue weighted by Gasteiger charge is 2.30. The molecule has 0 aliphatic carbocycles. The summed E-state index contributed by atoms with van der Waals surface area (Å²) in [6.07, 6.45) is -3.73. The van der Waals surface area contributed by atoms with E-state index in [2.05, 4.69) is 4.98 Å². The van der Waals surface area contributed by atoms with Crippen LogP contribution in [0.4, 0.5) is 13.2 Å². The van der Waals surface area contributed by atoms with Gasteiger partial charge in [0.1, 0.15) is 5.75 Å². The average Bonchev–Trinajstić information content (AvgIpc) is 2.53. The predicted molar refractivity (Wildman–Crippen MR) is 90.1 cm³/mol. The van der Waals surface area contributed by atoms with Crippen molar-refractivity contribution in [2.75, 3.05) is 0 Å². The van der Waals surface area contributed by atoms with Crippen molar-refractivity contribution in [2.24, 2.45) is 0 Å². The van der Waals surface area contributed by atoms with Gasteiger partial charge < -0.3 is 14.2 Å². The van der Waals surface area contributed by atoms with Gasteiger partial charge in [0.15, 0.2) is 0 Å². The van der Waals surface area contributed by atoms with Gasteiger partial charge in [-0.3, -0.25) is 4.57 Å². The molecule has 2 rings (SSSR count). The summed E-state index contributed by atoms with van der Waals surface area (Å²) in [5.74, 6) is 0.275. The van der Waals surface area contributed by atoms with Crippen LogP contribution < -0.4 is 4.74 Å². The molecule has 1 heterocycles. The van der Waals surface area contributed by atoms with E-state index in [4.69, 9.17) is 9.26 Å². The molecule has 142 valence electrons. The number of rotatable bonds is 7. The molecule has 0 fully saturated rings. The summed E-state index contributed by atoms with van der Waals surface area (Å²) in [6, 6.07) is 8.31. The van der Waals surface area contributed by atoms with Gasteiger partial charge in [-0.25, -0.2) is 4.98 Å². The summed E-state index contributed by atoms with van der Waals surface area (Å²) in [5, 5.41) is 0. The van der Waals surface area contributed by atoms with Crippen molar-refractivity contribution < 1.29 is 31.9 Å². The molecule has 0 saturated heterocycles. The second-order valence-corrected chi connectivity index (χ2v) is 7.55. The Hall–Kier alpha value is -1.89. The third kappa shape index (κ3) is 6.12. The number of pyridine rings is 1. The maximum absolute atomic E-state index is 12.5. The van der Waals surface area contributed by atoms with Crippen LogP contribution in [-0.2, 0) is 21.4 Å². The van der Waals surface area contributed by atoms with Gasteiger partial charge in [-0.1, -0.05) is 19.1 Å². The third-order valence-electron chi connectivity index (χ3n) is 3.49. The Labute approximate surface area is 149 Å². The summed E-state index contributed by atoms with van der Waals surface area (Å²) in [5.41, 5.74) is -0.370. The molecule has 0 bridgehead atoms. The number of hydrogen-bond acceptors (Lipinski definition) is 4. The first kappa shape index (κ1) is 20.4. The molecule has 0 amide bonds. The molecule has 9 heteroatoms. The van der Waals surface area contributed by atoms with Crippen molar-refractivity contribution in [3.8, 4) is 11.6 Å². The van der Waals surface area contributed by atoms with Crippen LogP contribution in [0.3, 0.4) is 0 Å². The molecule has 0 radical (unpaired) electrons. The van der Waals surface area contributed by atoms with E-state index in [1.54, 1.807) is 25.1 Å². The first-order valence-electron chi connectivity index (χ1n) is 7.89. The van der Waals surface area contributed by atoms with Crippen LogP contribution in [0, 0.1) is 0 Å². The molecule has 5 nitrogen and oxygen atoms in total. The maximum atomic E-state index is 12.5. The highest BCUT2D eigenvalue weighted by Crippen LogP contribution is 2.47. The lowest BCUT2D eigenvalue weighted by Crippen LogP contribution is -2.05. The molecule has 0 saturated carbocycles. The predicted octanol–water partition coefficient (Wildman–Crippen LogP) is 5.39. The molecule has 26 heavy (non-hydrogen) atoms. The highest BCUT2D eigenvalue weighted by atomic mass is 31.2. The van der Waals surface area contributed by atoms with Gasteiger partial charge in [-0.05, 0) is 37.1 Å². The molecule has 1 aromatic carbocycles. The van der Waals surface area contributed by atoms with Crippen LogP contribution in [0.2, 0.25) is 0 Å². The fourth-order valence-corrected chi connectivity index (χ4v) is 3.50. The minimum atomic E-state index is -4.47. The number of alkyl halides is 3. The number of nitrogens with zero attached hydrogens (tertiary/aromatic N) is 1. The summed E-state index contributed by atoms with van der Waals surface area (Å²) in [6.45, 7) is 3.55. The van der Waals surface area contributed by atoms with Crippen molar-refractivity contribution in [3.05, 3.63) is 53.7 Å². The Bertz CT molecular complexity index is 780. The summed E-state index contributed by atoms with van der Waals surface area (Å²) >= 11 is 0. The molecule has 0 aliphatic rings. The van der Waals surface area contributed by atoms with E-state index in [1.807, 2.05) is 6.92 Å². The zero-order valence-corrected chi connectivity index (χ0v) is 15.1. The number of aromatic nitrogens is 1. The largest absolute Gasteiger partial charge is 0.439 e. The van der Waals surface area contributed by atoms with Gasteiger partial charge in [-0.15, -0.1) is 0 Å². The van der Waals surface area contributed by atoms with E-state index in [9.17, 15) is 22.6 Å². The monoisotopic (exact) mass is 389 g/mol. The fourth-order valence-electron chi connectivity index (χ4n) is 2.06. The van der Waals surface area contributed by atoms with Gasteiger partial charge in [0.25, 0.3) is 0 Å². The number of ether oxygens (including phenoxy) is 1. The van der Waals surface area contributed by atoms with Crippen molar-refractivity contribution in [2.45, 2.75) is 38.7 Å². The molecule has 2 unspecified atom stereocenters. The number of hydrogen-bond donors (Lipinski definition) is 1. The van der Waals surface area contributed by atoms with Gasteiger partial charge in [0.05, 0.1) is 17.8 Å². The molecule has 0 spiro atoms. The molecular weight excluding hydrogens is 370 g/mol. The summed E-state index contributed by atoms with van der Waals surface area (Å²) < 4.78 is 60.3. The quantitative estimate of drug-likeness (QED) is 0.643. The Kier molecular flexibility index (Phi) is 6.44. The van der Waals surface area contributed by atoms with Crippen LogP contribution >= 0.6 is 7.60 Å². The van der Waals surface area contributed by atoms with Gasteiger partial charge in [0.2, 0.25) is 5.88 Å². The van der Waals surface area contributed by atoms with Crippen LogP contribution in [0.1, 0.15) is 31.4 Å². The van der Waals surface area contributed by atoms with Gasteiger partial charge in [-0.2, -0.15) is 13.2 Å². The van der Waals surface area contributed by atoms with Crippen molar-refractivity contribution >= 4 is 7.60 Å². The number of benzene rings is 1. The Morgan fingerprint density at radius 3 is 2.58 bits per heavy atom. The van der Waals surface area contributed by atoms with Gasteiger partial charge >= 0.3 is 13.8 Å². The smallest absolute Gasteiger partial charge is 0.417 e. The van der Waals surface area contributed by atoms with E-state index in [0.29, 0.717) is 23.9 Å². The van der Waals surface area contributed by atoms with Crippen molar-refractivity contribution in [3.63, 3.8) is 0 Å². The van der Waals surface area contributed by atoms with E-state index in [-0.39, 0.29) is 18.1 Å². The van der Waals surface area contributed by atoms with Crippen LogP contribution in [0.25, 0.3) is 0 Å². The summed E-state index contributed by atoms with van der Waals surface area (Å²) in [4.78, 5) is 13.6. The molecule has 2 atom stereocenters. The average molecular weight is 389 g/mol. The Morgan fingerprint density at radius 2 is 2.00 bits per heavy atom. The lowest BCUT2D eigenvalue weighted by atomic mass is 10.2.